The summed E-state index contributed by atoms with van der Waals surface area (Å²) >= 11 is 0. The van der Waals surface area contributed by atoms with Gasteiger partial charge in [0, 0.05) is 31.4 Å². The van der Waals surface area contributed by atoms with Crippen molar-refractivity contribution in [2.24, 2.45) is 13.0 Å². The summed E-state index contributed by atoms with van der Waals surface area (Å²) in [5.41, 5.74) is 2.18. The molecular formula is C11H19ClN4O. The smallest absolute Gasteiger partial charge is 0.226 e. The second kappa shape index (κ2) is 5.51. The third kappa shape index (κ3) is 2.79. The summed E-state index contributed by atoms with van der Waals surface area (Å²) in [5.74, 6) is 0.272. The number of carbonyl (C=O) groups excluding carboxylic acids is 1. The molecule has 0 spiro atoms. The van der Waals surface area contributed by atoms with Crippen molar-refractivity contribution in [2.45, 2.75) is 19.9 Å². The maximum absolute atomic E-state index is 11.7. The molecule has 1 aromatic heterocycles. The van der Waals surface area contributed by atoms with Crippen molar-refractivity contribution in [3.8, 4) is 0 Å². The quantitative estimate of drug-likeness (QED) is 0.832. The fraction of sp³-hybridized carbons (Fsp3) is 0.636. The lowest BCUT2D eigenvalue weighted by atomic mass is 10.0. The summed E-state index contributed by atoms with van der Waals surface area (Å²) in [6.45, 7) is 5.60. The second-order valence-corrected chi connectivity index (χ2v) is 4.39. The summed E-state index contributed by atoms with van der Waals surface area (Å²) in [6.07, 6.45) is 1.82. The van der Waals surface area contributed by atoms with Crippen LogP contribution in [0.15, 0.2) is 6.20 Å². The standard InChI is InChI=1S/C11H18N4O.ClH/c1-7(10-6-13-15(3)8(10)2)14-11(16)9-4-12-5-9;/h6-7,9,12H,4-5H2,1-3H3,(H,14,16);1H. The predicted octanol–water partition coefficient (Wildman–Crippen LogP) is 0.547. The van der Waals surface area contributed by atoms with Crippen LogP contribution in [0.3, 0.4) is 0 Å². The predicted molar refractivity (Wildman–Crippen MR) is 68.1 cm³/mol. The highest BCUT2D eigenvalue weighted by atomic mass is 35.5. The molecule has 1 amide bonds. The van der Waals surface area contributed by atoms with Gasteiger partial charge in [0.15, 0.2) is 0 Å². The van der Waals surface area contributed by atoms with Crippen molar-refractivity contribution in [1.29, 1.82) is 0 Å². The number of carbonyl (C=O) groups is 1. The zero-order valence-corrected chi connectivity index (χ0v) is 11.2. The summed E-state index contributed by atoms with van der Waals surface area (Å²) in [4.78, 5) is 11.7. The molecule has 0 saturated carbocycles. The molecule has 1 aliphatic rings. The molecule has 1 aliphatic heterocycles. The van der Waals surface area contributed by atoms with Crippen LogP contribution in [0.4, 0.5) is 0 Å². The van der Waals surface area contributed by atoms with Crippen molar-refractivity contribution in [2.75, 3.05) is 13.1 Å². The van der Waals surface area contributed by atoms with Crippen LogP contribution < -0.4 is 10.6 Å². The van der Waals surface area contributed by atoms with Crippen molar-refractivity contribution >= 4 is 18.3 Å². The number of nitrogens with one attached hydrogen (secondary N) is 2. The van der Waals surface area contributed by atoms with Crippen molar-refractivity contribution in [1.82, 2.24) is 20.4 Å². The molecular weight excluding hydrogens is 240 g/mol. The monoisotopic (exact) mass is 258 g/mol. The van der Waals surface area contributed by atoms with Crippen LogP contribution in [0.1, 0.15) is 24.2 Å². The first-order valence-electron chi connectivity index (χ1n) is 5.59. The maximum Gasteiger partial charge on any atom is 0.226 e. The Bertz CT molecular complexity index is 400. The Morgan fingerprint density at radius 1 is 1.65 bits per heavy atom. The van der Waals surface area contributed by atoms with Crippen molar-refractivity contribution in [3.63, 3.8) is 0 Å². The van der Waals surface area contributed by atoms with Crippen LogP contribution in [0.25, 0.3) is 0 Å². The zero-order valence-electron chi connectivity index (χ0n) is 10.4. The molecule has 2 rings (SSSR count). The van der Waals surface area contributed by atoms with Gasteiger partial charge in [-0.15, -0.1) is 12.4 Å². The van der Waals surface area contributed by atoms with E-state index < -0.39 is 0 Å². The second-order valence-electron chi connectivity index (χ2n) is 4.39. The molecule has 1 unspecified atom stereocenters. The van der Waals surface area contributed by atoms with E-state index in [4.69, 9.17) is 0 Å². The normalized spacial score (nSPS) is 16.9. The number of amides is 1. The van der Waals surface area contributed by atoms with Gasteiger partial charge in [-0.3, -0.25) is 9.48 Å². The van der Waals surface area contributed by atoms with E-state index in [1.54, 1.807) is 0 Å². The van der Waals surface area contributed by atoms with Crippen molar-refractivity contribution < 1.29 is 4.79 Å². The first-order valence-corrected chi connectivity index (χ1v) is 5.59. The van der Waals surface area contributed by atoms with E-state index in [-0.39, 0.29) is 30.3 Å². The lowest BCUT2D eigenvalue weighted by Gasteiger charge is -2.27. The molecule has 1 aromatic rings. The fourth-order valence-corrected chi connectivity index (χ4v) is 1.82. The number of hydrogen-bond donors (Lipinski definition) is 2. The van der Waals surface area contributed by atoms with E-state index in [0.717, 1.165) is 24.3 Å². The van der Waals surface area contributed by atoms with Crippen LogP contribution in [0.2, 0.25) is 0 Å². The van der Waals surface area contributed by atoms with Gasteiger partial charge in [0.1, 0.15) is 0 Å². The molecule has 0 aliphatic carbocycles. The number of aryl methyl sites for hydroxylation is 1. The molecule has 17 heavy (non-hydrogen) atoms. The molecule has 1 saturated heterocycles. The highest BCUT2D eigenvalue weighted by Gasteiger charge is 2.26. The molecule has 2 heterocycles. The first-order chi connectivity index (χ1) is 7.59. The number of nitrogens with zero attached hydrogens (tertiary/aromatic N) is 2. The number of halogens is 1. The number of aromatic nitrogens is 2. The van der Waals surface area contributed by atoms with Crippen LogP contribution in [0.5, 0.6) is 0 Å². The summed E-state index contributed by atoms with van der Waals surface area (Å²) in [6, 6.07) is 0.0294. The zero-order chi connectivity index (χ0) is 11.7. The Hall–Kier alpha value is -1.07. The minimum Gasteiger partial charge on any atom is -0.349 e. The van der Waals surface area contributed by atoms with E-state index in [1.165, 1.54) is 0 Å². The number of hydrogen-bond acceptors (Lipinski definition) is 3. The lowest BCUT2D eigenvalue weighted by Crippen LogP contribution is -2.51. The summed E-state index contributed by atoms with van der Waals surface area (Å²) in [5, 5.41) is 10.3. The van der Waals surface area contributed by atoms with Crippen LogP contribution in [-0.4, -0.2) is 28.8 Å². The molecule has 0 aromatic carbocycles. The van der Waals surface area contributed by atoms with Gasteiger partial charge in [-0.25, -0.2) is 0 Å². The lowest BCUT2D eigenvalue weighted by molar-refractivity contribution is -0.127. The Labute approximate surface area is 107 Å². The Balaban J connectivity index is 0.00000144. The van der Waals surface area contributed by atoms with E-state index >= 15 is 0 Å². The third-order valence-corrected chi connectivity index (χ3v) is 3.25. The van der Waals surface area contributed by atoms with Gasteiger partial charge in [0.2, 0.25) is 5.91 Å². The molecule has 96 valence electrons. The summed E-state index contributed by atoms with van der Waals surface area (Å²) < 4.78 is 1.82. The fourth-order valence-electron chi connectivity index (χ4n) is 1.82. The molecule has 1 fully saturated rings. The first kappa shape index (κ1) is 14.0. The van der Waals surface area contributed by atoms with E-state index in [0.29, 0.717) is 0 Å². The average Bonchev–Trinajstić information content (AvgIpc) is 2.44. The SMILES string of the molecule is Cc1c(C(C)NC(=O)C2CNC2)cnn1C.Cl. The average molecular weight is 259 g/mol. The Kier molecular flexibility index (Phi) is 4.54. The molecule has 6 heteroatoms. The van der Waals surface area contributed by atoms with Gasteiger partial charge in [0.05, 0.1) is 18.2 Å². The topological polar surface area (TPSA) is 59.0 Å². The minimum absolute atomic E-state index is 0. The van der Waals surface area contributed by atoms with Crippen molar-refractivity contribution in [3.05, 3.63) is 17.5 Å². The molecule has 2 N–H and O–H groups in total. The third-order valence-electron chi connectivity index (χ3n) is 3.25. The molecule has 1 atom stereocenters. The van der Waals surface area contributed by atoms with Gasteiger partial charge in [-0.1, -0.05) is 0 Å². The van der Waals surface area contributed by atoms with E-state index in [2.05, 4.69) is 15.7 Å². The van der Waals surface area contributed by atoms with Gasteiger partial charge in [-0.05, 0) is 13.8 Å². The summed E-state index contributed by atoms with van der Waals surface area (Å²) in [7, 11) is 1.91. The van der Waals surface area contributed by atoms with Crippen LogP contribution in [0, 0.1) is 12.8 Å². The van der Waals surface area contributed by atoms with Crippen LogP contribution >= 0.6 is 12.4 Å². The van der Waals surface area contributed by atoms with Gasteiger partial charge >= 0.3 is 0 Å². The molecule has 0 bridgehead atoms. The van der Waals surface area contributed by atoms with Crippen LogP contribution in [-0.2, 0) is 11.8 Å². The maximum atomic E-state index is 11.7. The molecule has 0 radical (unpaired) electrons. The van der Waals surface area contributed by atoms with Gasteiger partial charge < -0.3 is 10.6 Å². The Morgan fingerprint density at radius 2 is 2.29 bits per heavy atom. The highest BCUT2D eigenvalue weighted by molar-refractivity contribution is 5.85. The van der Waals surface area contributed by atoms with E-state index in [9.17, 15) is 4.79 Å². The molecule has 5 nitrogen and oxygen atoms in total. The number of rotatable bonds is 3. The van der Waals surface area contributed by atoms with E-state index in [1.807, 2.05) is 31.8 Å². The minimum atomic E-state index is 0. The highest BCUT2D eigenvalue weighted by Crippen LogP contribution is 2.17. The van der Waals surface area contributed by atoms with Gasteiger partial charge in [-0.2, -0.15) is 5.10 Å². The van der Waals surface area contributed by atoms with Gasteiger partial charge in [0.25, 0.3) is 0 Å². The Morgan fingerprint density at radius 3 is 2.71 bits per heavy atom. The largest absolute Gasteiger partial charge is 0.349 e.